The average Bonchev–Trinajstić information content (AvgIpc) is 3.19. The standard InChI is InChI=1S/C15H21N5O3/c1-2-3-4-11(22)19-14-13-15(17-8-16-14)20(9-18-13)12-6-5-10(7-21)23-12/h8-10,12,21H,2-7H2,1H3,(H,16,17,19,22)/t10-,12+/m0/s1. The number of fused-ring (bicyclic) bond motifs is 1. The summed E-state index contributed by atoms with van der Waals surface area (Å²) in [6.45, 7) is 2.05. The molecular formula is C15H21N5O3. The van der Waals surface area contributed by atoms with E-state index in [4.69, 9.17) is 4.74 Å². The number of nitrogens with one attached hydrogen (secondary N) is 1. The molecule has 1 aliphatic rings. The highest BCUT2D eigenvalue weighted by atomic mass is 16.5. The first-order valence-corrected chi connectivity index (χ1v) is 7.96. The lowest BCUT2D eigenvalue weighted by atomic mass is 10.2. The topological polar surface area (TPSA) is 102 Å². The van der Waals surface area contributed by atoms with Crippen LogP contribution in [0.2, 0.25) is 0 Å². The van der Waals surface area contributed by atoms with Crippen molar-refractivity contribution >= 4 is 22.9 Å². The van der Waals surface area contributed by atoms with Crippen LogP contribution in [0.15, 0.2) is 12.7 Å². The maximum atomic E-state index is 11.9. The van der Waals surface area contributed by atoms with E-state index in [1.807, 2.05) is 11.5 Å². The number of anilines is 1. The van der Waals surface area contributed by atoms with Crippen molar-refractivity contribution in [3.8, 4) is 0 Å². The normalized spacial score (nSPS) is 21.0. The Morgan fingerprint density at radius 3 is 3.04 bits per heavy atom. The van der Waals surface area contributed by atoms with Crippen LogP contribution in [0.5, 0.6) is 0 Å². The SMILES string of the molecule is CCCCC(=O)Nc1ncnc2c1ncn2[C@H]1CC[C@@H](CO)O1. The number of aromatic nitrogens is 4. The number of carbonyl (C=O) groups is 1. The van der Waals surface area contributed by atoms with Crippen LogP contribution < -0.4 is 5.32 Å². The summed E-state index contributed by atoms with van der Waals surface area (Å²) in [6, 6.07) is 0. The molecule has 0 aliphatic carbocycles. The zero-order valence-electron chi connectivity index (χ0n) is 13.1. The van der Waals surface area contributed by atoms with E-state index in [0.717, 1.165) is 25.7 Å². The van der Waals surface area contributed by atoms with Gasteiger partial charge in [0.1, 0.15) is 12.6 Å². The Hall–Kier alpha value is -2.06. The Bertz CT molecular complexity index is 687. The summed E-state index contributed by atoms with van der Waals surface area (Å²) in [5, 5.41) is 12.0. The summed E-state index contributed by atoms with van der Waals surface area (Å²) in [5.74, 6) is 0.352. The molecule has 0 saturated carbocycles. The van der Waals surface area contributed by atoms with E-state index in [1.165, 1.54) is 6.33 Å². The van der Waals surface area contributed by atoms with Crippen LogP contribution in [0, 0.1) is 0 Å². The third-order valence-corrected chi connectivity index (χ3v) is 3.97. The van der Waals surface area contributed by atoms with E-state index >= 15 is 0 Å². The fraction of sp³-hybridized carbons (Fsp3) is 0.600. The number of hydrogen-bond donors (Lipinski definition) is 2. The fourth-order valence-electron chi connectivity index (χ4n) is 2.71. The molecule has 0 unspecified atom stereocenters. The number of ether oxygens (including phenoxy) is 1. The van der Waals surface area contributed by atoms with Gasteiger partial charge in [0.05, 0.1) is 19.0 Å². The zero-order valence-corrected chi connectivity index (χ0v) is 13.1. The van der Waals surface area contributed by atoms with Gasteiger partial charge in [0.25, 0.3) is 0 Å². The van der Waals surface area contributed by atoms with Crippen LogP contribution in [-0.2, 0) is 9.53 Å². The number of nitrogens with zero attached hydrogens (tertiary/aromatic N) is 4. The Kier molecular flexibility index (Phi) is 4.82. The Morgan fingerprint density at radius 2 is 2.30 bits per heavy atom. The number of amides is 1. The Balaban J connectivity index is 1.81. The molecule has 0 spiro atoms. The predicted molar refractivity (Wildman–Crippen MR) is 83.7 cm³/mol. The van der Waals surface area contributed by atoms with E-state index in [9.17, 15) is 9.90 Å². The van der Waals surface area contributed by atoms with Crippen molar-refractivity contribution < 1.29 is 14.6 Å². The summed E-state index contributed by atoms with van der Waals surface area (Å²) in [7, 11) is 0. The highest BCUT2D eigenvalue weighted by molar-refractivity contribution is 5.96. The highest BCUT2D eigenvalue weighted by Crippen LogP contribution is 2.31. The van der Waals surface area contributed by atoms with E-state index < -0.39 is 0 Å². The molecule has 2 aromatic heterocycles. The van der Waals surface area contributed by atoms with Gasteiger partial charge in [-0.1, -0.05) is 13.3 Å². The summed E-state index contributed by atoms with van der Waals surface area (Å²) in [4.78, 5) is 24.6. The number of carbonyl (C=O) groups excluding carboxylic acids is 1. The molecule has 8 heteroatoms. The van der Waals surface area contributed by atoms with E-state index in [-0.39, 0.29) is 24.8 Å². The molecule has 3 rings (SSSR count). The molecule has 2 aromatic rings. The molecule has 0 bridgehead atoms. The molecule has 1 amide bonds. The molecule has 23 heavy (non-hydrogen) atoms. The van der Waals surface area contributed by atoms with Gasteiger partial charge in [0.15, 0.2) is 17.0 Å². The van der Waals surface area contributed by atoms with Crippen molar-refractivity contribution in [1.82, 2.24) is 19.5 Å². The molecule has 3 heterocycles. The highest BCUT2D eigenvalue weighted by Gasteiger charge is 2.27. The first kappa shape index (κ1) is 15.8. The first-order valence-electron chi connectivity index (χ1n) is 7.96. The Morgan fingerprint density at radius 1 is 1.43 bits per heavy atom. The molecule has 1 saturated heterocycles. The summed E-state index contributed by atoms with van der Waals surface area (Å²) in [5.41, 5.74) is 1.17. The predicted octanol–water partition coefficient (Wildman–Crippen LogP) is 1.62. The molecule has 1 aliphatic heterocycles. The fourth-order valence-corrected chi connectivity index (χ4v) is 2.71. The van der Waals surface area contributed by atoms with Crippen LogP contribution in [-0.4, -0.2) is 43.2 Å². The monoisotopic (exact) mass is 319 g/mol. The van der Waals surface area contributed by atoms with Crippen LogP contribution >= 0.6 is 0 Å². The number of aliphatic hydroxyl groups excluding tert-OH is 1. The number of imidazole rings is 1. The molecule has 1 fully saturated rings. The molecule has 0 radical (unpaired) electrons. The van der Waals surface area contributed by atoms with Gasteiger partial charge in [-0.15, -0.1) is 0 Å². The second-order valence-corrected chi connectivity index (χ2v) is 5.67. The number of rotatable bonds is 6. The van der Waals surface area contributed by atoms with Crippen LogP contribution in [0.4, 0.5) is 5.82 Å². The maximum Gasteiger partial charge on any atom is 0.225 e. The van der Waals surface area contributed by atoms with Crippen molar-refractivity contribution in [2.75, 3.05) is 11.9 Å². The smallest absolute Gasteiger partial charge is 0.225 e. The molecule has 124 valence electrons. The van der Waals surface area contributed by atoms with Gasteiger partial charge < -0.3 is 15.2 Å². The molecule has 2 atom stereocenters. The van der Waals surface area contributed by atoms with Gasteiger partial charge in [0.2, 0.25) is 5.91 Å². The lowest BCUT2D eigenvalue weighted by Crippen LogP contribution is -2.15. The van der Waals surface area contributed by atoms with Crippen molar-refractivity contribution in [2.45, 2.75) is 51.4 Å². The van der Waals surface area contributed by atoms with Gasteiger partial charge in [-0.25, -0.2) is 15.0 Å². The van der Waals surface area contributed by atoms with Gasteiger partial charge in [-0.05, 0) is 19.3 Å². The minimum Gasteiger partial charge on any atom is -0.394 e. The third kappa shape index (κ3) is 3.32. The maximum absolute atomic E-state index is 11.9. The average molecular weight is 319 g/mol. The molecular weight excluding hydrogens is 298 g/mol. The van der Waals surface area contributed by atoms with Crippen LogP contribution in [0.3, 0.4) is 0 Å². The summed E-state index contributed by atoms with van der Waals surface area (Å²) < 4.78 is 7.59. The summed E-state index contributed by atoms with van der Waals surface area (Å²) in [6.07, 6.45) is 6.57. The first-order chi connectivity index (χ1) is 11.2. The largest absolute Gasteiger partial charge is 0.394 e. The van der Waals surface area contributed by atoms with Crippen molar-refractivity contribution in [3.05, 3.63) is 12.7 Å². The van der Waals surface area contributed by atoms with E-state index in [2.05, 4.69) is 20.3 Å². The number of hydrogen-bond acceptors (Lipinski definition) is 6. The number of unbranched alkanes of at least 4 members (excludes halogenated alkanes) is 1. The van der Waals surface area contributed by atoms with E-state index in [1.54, 1.807) is 6.33 Å². The minimum atomic E-state index is -0.198. The molecule has 0 aromatic carbocycles. The van der Waals surface area contributed by atoms with Gasteiger partial charge in [-0.2, -0.15) is 0 Å². The second-order valence-electron chi connectivity index (χ2n) is 5.67. The third-order valence-electron chi connectivity index (χ3n) is 3.97. The zero-order chi connectivity index (χ0) is 16.2. The number of aliphatic hydroxyl groups is 1. The lowest BCUT2D eigenvalue weighted by molar-refractivity contribution is -0.116. The van der Waals surface area contributed by atoms with Crippen molar-refractivity contribution in [3.63, 3.8) is 0 Å². The quantitative estimate of drug-likeness (QED) is 0.839. The molecule has 8 nitrogen and oxygen atoms in total. The van der Waals surface area contributed by atoms with Gasteiger partial charge >= 0.3 is 0 Å². The van der Waals surface area contributed by atoms with Crippen LogP contribution in [0.1, 0.15) is 45.3 Å². The second kappa shape index (κ2) is 7.01. The van der Waals surface area contributed by atoms with Gasteiger partial charge in [0, 0.05) is 6.42 Å². The minimum absolute atomic E-state index is 0.0108. The van der Waals surface area contributed by atoms with Crippen molar-refractivity contribution in [1.29, 1.82) is 0 Å². The van der Waals surface area contributed by atoms with Gasteiger partial charge in [-0.3, -0.25) is 9.36 Å². The molecule has 2 N–H and O–H groups in total. The summed E-state index contributed by atoms with van der Waals surface area (Å²) >= 11 is 0. The lowest BCUT2D eigenvalue weighted by Gasteiger charge is -2.13. The Labute approximate surface area is 133 Å². The van der Waals surface area contributed by atoms with Crippen LogP contribution in [0.25, 0.3) is 11.2 Å². The van der Waals surface area contributed by atoms with Crippen molar-refractivity contribution in [2.24, 2.45) is 0 Å². The van der Waals surface area contributed by atoms with E-state index in [0.29, 0.717) is 23.4 Å².